The molecule has 0 aromatic carbocycles. The van der Waals surface area contributed by atoms with Crippen LogP contribution in [0, 0.1) is 0 Å². The van der Waals surface area contributed by atoms with Crippen LogP contribution in [0.1, 0.15) is 2.85 Å². The van der Waals surface area contributed by atoms with Crippen molar-refractivity contribution >= 4 is 17.8 Å². The van der Waals surface area contributed by atoms with E-state index < -0.39 is 43.6 Å². The Hall–Kier alpha value is 0.330. The van der Waals surface area contributed by atoms with E-state index in [-0.39, 0.29) is 62.0 Å². The summed E-state index contributed by atoms with van der Waals surface area (Å²) in [4.78, 5) is 32.3. The monoisotopic (exact) mass is 268 g/mol. The molecule has 0 aromatic rings. The Morgan fingerprint density at radius 3 is 1.71 bits per heavy atom. The fourth-order valence-corrected chi connectivity index (χ4v) is 0.850. The maximum atomic E-state index is 11.2. The van der Waals surface area contributed by atoms with Gasteiger partial charge >= 0.3 is 71.1 Å². The van der Waals surface area contributed by atoms with Gasteiger partial charge in [-0.2, -0.15) is 0 Å². The van der Waals surface area contributed by atoms with Gasteiger partial charge in [-0.15, -0.1) is 0 Å². The zero-order valence-electron chi connectivity index (χ0n) is 11.8. The number of carbonyl (C=O) groups excluding carboxylic acids is 1. The molecular weight excluding hydrogens is 254 g/mol. The summed E-state index contributed by atoms with van der Waals surface area (Å²) in [6.07, 6.45) is -1.58. The number of carboxylic acids is 2. The number of nitrogens with two attached hydrogens (primary N) is 1. The van der Waals surface area contributed by atoms with Crippen LogP contribution in [-0.4, -0.2) is 63.8 Å². The molecule has 0 saturated heterocycles. The number of carboxylic acid groups (broad SMARTS) is 2. The molecule has 0 aliphatic rings. The second-order valence-corrected chi connectivity index (χ2v) is 2.73. The molecular formula is C7H14N2Na2O6. The van der Waals surface area contributed by atoms with Crippen molar-refractivity contribution in [1.82, 2.24) is 4.90 Å². The molecule has 0 bridgehead atoms. The average Bonchev–Trinajstić information content (AvgIpc) is 2.13. The Kier molecular flexibility index (Phi) is 15.1. The number of aliphatic carboxylic acids is 2. The Balaban J connectivity index is -0.000000163. The van der Waals surface area contributed by atoms with Crippen LogP contribution in [0.4, 0.5) is 0 Å². The second kappa shape index (κ2) is 11.4. The summed E-state index contributed by atoms with van der Waals surface area (Å²) in [6, 6.07) is 0. The molecule has 0 radical (unpaired) electrons. The minimum absolute atomic E-state index is 0. The third-order valence-corrected chi connectivity index (χ3v) is 1.47. The van der Waals surface area contributed by atoms with Crippen LogP contribution in [0.2, 0.25) is 0 Å². The minimum atomic E-state index is -1.58. The smallest absolute Gasteiger partial charge is 1.00 e. The molecule has 5 N–H and O–H groups in total. The van der Waals surface area contributed by atoms with E-state index in [1.165, 1.54) is 0 Å². The van der Waals surface area contributed by atoms with Gasteiger partial charge in [0.15, 0.2) is 0 Å². The van der Waals surface area contributed by atoms with Gasteiger partial charge in [-0.25, -0.2) is 0 Å². The molecule has 0 fully saturated rings. The van der Waals surface area contributed by atoms with Gasteiger partial charge in [0, 0.05) is 6.54 Å². The molecule has 0 rings (SSSR count). The number of aliphatic hydroxyl groups is 1. The first-order valence-electron chi connectivity index (χ1n) is 3.99. The first-order valence-corrected chi connectivity index (χ1v) is 3.99. The standard InChI is InChI=1S/C7H12N2O6.2Na.2H/c8-1-4(10)7(15)9(2-5(11)12)3-6(13)14;;;;/h4,10H,1-3,8H2,(H,11,12)(H,13,14);;;;/q;2*+1;2*-1. The van der Waals surface area contributed by atoms with Crippen molar-refractivity contribution in [2.45, 2.75) is 6.10 Å². The number of hydrogen-bond donors (Lipinski definition) is 4. The van der Waals surface area contributed by atoms with Crippen LogP contribution in [0.25, 0.3) is 0 Å². The maximum absolute atomic E-state index is 11.2. The van der Waals surface area contributed by atoms with Crippen molar-refractivity contribution < 1.29 is 91.7 Å². The average molecular weight is 268 g/mol. The third-order valence-electron chi connectivity index (χ3n) is 1.47. The van der Waals surface area contributed by atoms with Crippen LogP contribution < -0.4 is 64.8 Å². The Morgan fingerprint density at radius 1 is 1.12 bits per heavy atom. The number of carbonyl (C=O) groups is 3. The predicted octanol–water partition coefficient (Wildman–Crippen LogP) is -8.46. The van der Waals surface area contributed by atoms with Crippen LogP contribution in [0.15, 0.2) is 0 Å². The summed E-state index contributed by atoms with van der Waals surface area (Å²) in [5.41, 5.74) is 4.98. The van der Waals surface area contributed by atoms with Crippen LogP contribution in [0.5, 0.6) is 0 Å². The van der Waals surface area contributed by atoms with Crippen LogP contribution in [0.3, 0.4) is 0 Å². The number of hydrogen-bond acceptors (Lipinski definition) is 5. The van der Waals surface area contributed by atoms with Crippen LogP contribution in [-0.2, 0) is 14.4 Å². The van der Waals surface area contributed by atoms with Gasteiger partial charge in [0.1, 0.15) is 19.2 Å². The van der Waals surface area contributed by atoms with Crippen LogP contribution >= 0.6 is 0 Å². The number of nitrogens with zero attached hydrogens (tertiary/aromatic N) is 1. The molecule has 0 spiro atoms. The molecule has 0 heterocycles. The first kappa shape index (κ1) is 22.5. The van der Waals surface area contributed by atoms with E-state index >= 15 is 0 Å². The zero-order valence-corrected chi connectivity index (χ0v) is 13.8. The fourth-order valence-electron chi connectivity index (χ4n) is 0.850. The van der Waals surface area contributed by atoms with Gasteiger partial charge in [0.05, 0.1) is 0 Å². The molecule has 0 aliphatic carbocycles. The summed E-state index contributed by atoms with van der Waals surface area (Å²) in [5, 5.41) is 25.8. The van der Waals surface area contributed by atoms with Crippen molar-refractivity contribution in [3.8, 4) is 0 Å². The molecule has 0 saturated carbocycles. The number of rotatable bonds is 6. The quantitative estimate of drug-likeness (QED) is 0.350. The summed E-state index contributed by atoms with van der Waals surface area (Å²) < 4.78 is 0. The van der Waals surface area contributed by atoms with Crippen molar-refractivity contribution in [3.63, 3.8) is 0 Å². The Labute approximate surface area is 145 Å². The van der Waals surface area contributed by atoms with Crippen molar-refractivity contribution in [3.05, 3.63) is 0 Å². The van der Waals surface area contributed by atoms with E-state index in [1.807, 2.05) is 0 Å². The summed E-state index contributed by atoms with van der Waals surface area (Å²) in [6.45, 7) is -1.97. The third kappa shape index (κ3) is 9.98. The Bertz CT molecular complexity index is 268. The van der Waals surface area contributed by atoms with Gasteiger partial charge in [0.25, 0.3) is 5.91 Å². The van der Waals surface area contributed by atoms with Gasteiger partial charge in [-0.3, -0.25) is 14.4 Å². The predicted molar refractivity (Wildman–Crippen MR) is 49.1 cm³/mol. The largest absolute Gasteiger partial charge is 1.00 e. The molecule has 1 amide bonds. The maximum Gasteiger partial charge on any atom is 1.00 e. The molecule has 10 heteroatoms. The fraction of sp³-hybridized carbons (Fsp3) is 0.571. The first-order chi connectivity index (χ1) is 6.88. The van der Waals surface area contributed by atoms with E-state index in [2.05, 4.69) is 0 Å². The summed E-state index contributed by atoms with van der Waals surface area (Å²) in [5.74, 6) is -3.75. The van der Waals surface area contributed by atoms with Gasteiger partial charge < -0.3 is 28.8 Å². The van der Waals surface area contributed by atoms with E-state index in [0.717, 1.165) is 0 Å². The van der Waals surface area contributed by atoms with E-state index in [1.54, 1.807) is 0 Å². The molecule has 17 heavy (non-hydrogen) atoms. The van der Waals surface area contributed by atoms with E-state index in [0.29, 0.717) is 4.90 Å². The topological polar surface area (TPSA) is 141 Å². The molecule has 1 atom stereocenters. The molecule has 0 aliphatic heterocycles. The molecule has 1 unspecified atom stereocenters. The SMILES string of the molecule is NCC(O)C(=O)N(CC(=O)O)CC(=O)O.[H-].[H-].[Na+].[Na+]. The van der Waals surface area contributed by atoms with Gasteiger partial charge in [0.2, 0.25) is 0 Å². The zero-order chi connectivity index (χ0) is 12.0. The molecule has 90 valence electrons. The second-order valence-electron chi connectivity index (χ2n) is 2.73. The van der Waals surface area contributed by atoms with Crippen molar-refractivity contribution in [2.75, 3.05) is 19.6 Å². The number of amides is 1. The van der Waals surface area contributed by atoms with E-state index in [9.17, 15) is 14.4 Å². The summed E-state index contributed by atoms with van der Waals surface area (Å²) in [7, 11) is 0. The van der Waals surface area contributed by atoms with Gasteiger partial charge in [-0.1, -0.05) is 0 Å². The molecule has 0 aromatic heterocycles. The minimum Gasteiger partial charge on any atom is -1.00 e. The van der Waals surface area contributed by atoms with Crippen molar-refractivity contribution in [1.29, 1.82) is 0 Å². The van der Waals surface area contributed by atoms with Gasteiger partial charge in [-0.05, 0) is 0 Å². The van der Waals surface area contributed by atoms with Crippen molar-refractivity contribution in [2.24, 2.45) is 5.73 Å². The number of aliphatic hydroxyl groups excluding tert-OH is 1. The molecule has 8 nitrogen and oxygen atoms in total. The normalized spacial score (nSPS) is 10.5. The Morgan fingerprint density at radius 2 is 1.47 bits per heavy atom. The van der Waals surface area contributed by atoms with E-state index in [4.69, 9.17) is 21.1 Å². The summed E-state index contributed by atoms with van der Waals surface area (Å²) >= 11 is 0.